The van der Waals surface area contributed by atoms with Crippen LogP contribution in [0.1, 0.15) is 0 Å². The van der Waals surface area contributed by atoms with Crippen LogP contribution in [0.15, 0.2) is 36.4 Å². The molecule has 0 aliphatic rings. The summed E-state index contributed by atoms with van der Waals surface area (Å²) in [7, 11) is 0. The number of anilines is 3. The van der Waals surface area contributed by atoms with Gasteiger partial charge in [-0.05, 0) is 52.9 Å². The smallest absolute Gasteiger partial charge is 0.182 e. The normalized spacial score (nSPS) is 10.3. The molecule has 5 heteroatoms. The Bertz CT molecular complexity index is 558. The Morgan fingerprint density at radius 1 is 1.06 bits per heavy atom. The Morgan fingerprint density at radius 3 is 2.53 bits per heavy atom. The van der Waals surface area contributed by atoms with Crippen LogP contribution in [0, 0.1) is 15.2 Å². The summed E-state index contributed by atoms with van der Waals surface area (Å²) < 4.78 is 27.4. The number of nitrogens with two attached hydrogens (primary N) is 1. The molecule has 2 nitrogen and oxygen atoms in total. The lowest BCUT2D eigenvalue weighted by Gasteiger charge is -2.10. The van der Waals surface area contributed by atoms with Crippen molar-refractivity contribution in [3.05, 3.63) is 51.6 Å². The molecule has 0 atom stereocenters. The van der Waals surface area contributed by atoms with Crippen LogP contribution >= 0.6 is 22.6 Å². The van der Waals surface area contributed by atoms with Crippen LogP contribution in [-0.2, 0) is 0 Å². The third kappa shape index (κ3) is 2.66. The van der Waals surface area contributed by atoms with E-state index in [0.29, 0.717) is 11.4 Å². The van der Waals surface area contributed by atoms with Crippen LogP contribution in [-0.4, -0.2) is 0 Å². The Balaban J connectivity index is 2.35. The highest BCUT2D eigenvalue weighted by Gasteiger charge is 2.08. The van der Waals surface area contributed by atoms with Crippen molar-refractivity contribution in [2.24, 2.45) is 0 Å². The summed E-state index contributed by atoms with van der Waals surface area (Å²) >= 11 is 2.12. The van der Waals surface area contributed by atoms with Gasteiger partial charge >= 0.3 is 0 Å². The summed E-state index contributed by atoms with van der Waals surface area (Å²) in [5.41, 5.74) is 6.88. The molecule has 0 bridgehead atoms. The molecular weight excluding hydrogens is 337 g/mol. The third-order valence-corrected chi connectivity index (χ3v) is 2.91. The Morgan fingerprint density at radius 2 is 1.82 bits per heavy atom. The van der Waals surface area contributed by atoms with Gasteiger partial charge in [0.05, 0.1) is 17.1 Å². The van der Waals surface area contributed by atoms with E-state index in [-0.39, 0.29) is 5.69 Å². The molecule has 0 aliphatic carbocycles. The van der Waals surface area contributed by atoms with E-state index < -0.39 is 11.6 Å². The average Bonchev–Trinajstić information content (AvgIpc) is 2.28. The highest BCUT2D eigenvalue weighted by Crippen LogP contribution is 2.27. The molecule has 0 radical (unpaired) electrons. The molecule has 0 amide bonds. The van der Waals surface area contributed by atoms with E-state index in [4.69, 9.17) is 5.73 Å². The fourth-order valence-corrected chi connectivity index (χ4v) is 1.91. The molecule has 88 valence electrons. The van der Waals surface area contributed by atoms with Crippen molar-refractivity contribution in [3.8, 4) is 0 Å². The van der Waals surface area contributed by atoms with Gasteiger partial charge in [0.2, 0.25) is 0 Å². The number of halogens is 3. The molecule has 0 aliphatic heterocycles. The summed E-state index contributed by atoms with van der Waals surface area (Å²) in [6, 6.07) is 9.26. The molecule has 0 fully saturated rings. The summed E-state index contributed by atoms with van der Waals surface area (Å²) in [4.78, 5) is 0. The molecule has 0 saturated heterocycles. The van der Waals surface area contributed by atoms with E-state index in [2.05, 4.69) is 27.9 Å². The van der Waals surface area contributed by atoms with Crippen LogP contribution in [0.5, 0.6) is 0 Å². The SMILES string of the molecule is Nc1cc(I)ccc1Nc1cccc(F)c1F. The zero-order valence-electron chi connectivity index (χ0n) is 8.68. The molecule has 3 N–H and O–H groups in total. The zero-order chi connectivity index (χ0) is 12.4. The minimum Gasteiger partial charge on any atom is -0.397 e. The van der Waals surface area contributed by atoms with Crippen molar-refractivity contribution < 1.29 is 8.78 Å². The summed E-state index contributed by atoms with van der Waals surface area (Å²) in [6.07, 6.45) is 0. The van der Waals surface area contributed by atoms with Gasteiger partial charge in [0.25, 0.3) is 0 Å². The van der Waals surface area contributed by atoms with E-state index in [9.17, 15) is 8.78 Å². The van der Waals surface area contributed by atoms with Gasteiger partial charge in [-0.3, -0.25) is 0 Å². The van der Waals surface area contributed by atoms with E-state index in [1.165, 1.54) is 12.1 Å². The first kappa shape index (κ1) is 12.1. The highest BCUT2D eigenvalue weighted by molar-refractivity contribution is 14.1. The molecule has 0 spiro atoms. The minimum atomic E-state index is -0.912. The number of hydrogen-bond acceptors (Lipinski definition) is 2. The van der Waals surface area contributed by atoms with E-state index >= 15 is 0 Å². The topological polar surface area (TPSA) is 38.0 Å². The first-order chi connectivity index (χ1) is 8.08. The first-order valence-electron chi connectivity index (χ1n) is 4.84. The molecule has 2 aromatic rings. The van der Waals surface area contributed by atoms with Gasteiger partial charge < -0.3 is 11.1 Å². The maximum Gasteiger partial charge on any atom is 0.182 e. The molecule has 2 rings (SSSR count). The van der Waals surface area contributed by atoms with Crippen molar-refractivity contribution in [1.29, 1.82) is 0 Å². The fraction of sp³-hybridized carbons (Fsp3) is 0. The molecule has 0 unspecified atom stereocenters. The van der Waals surface area contributed by atoms with Gasteiger partial charge in [-0.15, -0.1) is 0 Å². The van der Waals surface area contributed by atoms with Crippen LogP contribution < -0.4 is 11.1 Å². The van der Waals surface area contributed by atoms with Crippen molar-refractivity contribution in [1.82, 2.24) is 0 Å². The average molecular weight is 346 g/mol. The maximum atomic E-state index is 13.4. The number of hydrogen-bond donors (Lipinski definition) is 2. The first-order valence-corrected chi connectivity index (χ1v) is 5.92. The Kier molecular flexibility index (Phi) is 3.46. The van der Waals surface area contributed by atoms with Gasteiger partial charge in [0.1, 0.15) is 0 Å². The zero-order valence-corrected chi connectivity index (χ0v) is 10.8. The van der Waals surface area contributed by atoms with Crippen molar-refractivity contribution in [3.63, 3.8) is 0 Å². The lowest BCUT2D eigenvalue weighted by Crippen LogP contribution is -1.99. The van der Waals surface area contributed by atoms with Crippen LogP contribution in [0.4, 0.5) is 25.8 Å². The van der Waals surface area contributed by atoms with Gasteiger partial charge in [0, 0.05) is 3.57 Å². The Labute approximate surface area is 111 Å². The number of nitrogen functional groups attached to an aromatic ring is 1. The summed E-state index contributed by atoms with van der Waals surface area (Å²) in [6.45, 7) is 0. The second-order valence-electron chi connectivity index (χ2n) is 3.46. The molecule has 0 heterocycles. The van der Waals surface area contributed by atoms with Crippen LogP contribution in [0.3, 0.4) is 0 Å². The largest absolute Gasteiger partial charge is 0.397 e. The molecular formula is C12H9F2IN2. The van der Waals surface area contributed by atoms with Gasteiger partial charge in [-0.2, -0.15) is 0 Å². The highest BCUT2D eigenvalue weighted by atomic mass is 127. The second kappa shape index (κ2) is 4.87. The predicted molar refractivity (Wildman–Crippen MR) is 73.2 cm³/mol. The monoisotopic (exact) mass is 346 g/mol. The van der Waals surface area contributed by atoms with E-state index in [1.807, 2.05) is 6.07 Å². The lowest BCUT2D eigenvalue weighted by atomic mass is 10.2. The lowest BCUT2D eigenvalue weighted by molar-refractivity contribution is 0.512. The van der Waals surface area contributed by atoms with Crippen molar-refractivity contribution in [2.75, 3.05) is 11.1 Å². The quantitative estimate of drug-likeness (QED) is 0.640. The standard InChI is InChI=1S/C12H9F2IN2/c13-8-2-1-3-11(12(8)14)17-10-5-4-7(15)6-9(10)16/h1-6,17H,16H2. The van der Waals surface area contributed by atoms with Crippen molar-refractivity contribution in [2.45, 2.75) is 0 Å². The van der Waals surface area contributed by atoms with Crippen LogP contribution in [0.25, 0.3) is 0 Å². The van der Waals surface area contributed by atoms with E-state index in [1.54, 1.807) is 12.1 Å². The van der Waals surface area contributed by atoms with Crippen LogP contribution in [0.2, 0.25) is 0 Å². The predicted octanol–water partition coefficient (Wildman–Crippen LogP) is 3.90. The number of nitrogens with one attached hydrogen (secondary N) is 1. The Hall–Kier alpha value is -1.37. The fourth-order valence-electron chi connectivity index (χ4n) is 1.39. The number of benzene rings is 2. The minimum absolute atomic E-state index is 0.0675. The van der Waals surface area contributed by atoms with Crippen molar-refractivity contribution >= 4 is 39.7 Å². The number of rotatable bonds is 2. The summed E-state index contributed by atoms with van der Waals surface area (Å²) in [5, 5.41) is 2.77. The molecule has 0 aromatic heterocycles. The third-order valence-electron chi connectivity index (χ3n) is 2.23. The molecule has 2 aromatic carbocycles. The van der Waals surface area contributed by atoms with E-state index in [0.717, 1.165) is 9.64 Å². The van der Waals surface area contributed by atoms with Gasteiger partial charge in [-0.1, -0.05) is 6.07 Å². The molecule has 0 saturated carbocycles. The summed E-state index contributed by atoms with van der Waals surface area (Å²) in [5.74, 6) is -1.80. The molecule has 17 heavy (non-hydrogen) atoms. The van der Waals surface area contributed by atoms with Gasteiger partial charge in [-0.25, -0.2) is 8.78 Å². The van der Waals surface area contributed by atoms with Gasteiger partial charge in [0.15, 0.2) is 11.6 Å². The second-order valence-corrected chi connectivity index (χ2v) is 4.70. The maximum absolute atomic E-state index is 13.4.